The normalized spacial score (nSPS) is 19.0. The van der Waals surface area contributed by atoms with E-state index in [-0.39, 0.29) is 0 Å². The molecule has 1 atom stereocenters. The van der Waals surface area contributed by atoms with Gasteiger partial charge in [-0.15, -0.1) is 0 Å². The average molecular weight is 329 g/mol. The first kappa shape index (κ1) is 15.3. The predicted octanol–water partition coefficient (Wildman–Crippen LogP) is 2.37. The molecule has 4 rings (SSSR count). The van der Waals surface area contributed by atoms with Crippen LogP contribution in [0.3, 0.4) is 0 Å². The highest BCUT2D eigenvalue weighted by Crippen LogP contribution is 2.40. The average Bonchev–Trinajstić information content (AvgIpc) is 3.01. The molecule has 1 aromatic carbocycles. The van der Waals surface area contributed by atoms with E-state index in [0.29, 0.717) is 25.0 Å². The van der Waals surface area contributed by atoms with Crippen molar-refractivity contribution in [3.8, 4) is 17.2 Å². The van der Waals surface area contributed by atoms with Crippen LogP contribution in [0, 0.1) is 0 Å². The maximum atomic E-state index is 5.71. The fourth-order valence-electron chi connectivity index (χ4n) is 3.59. The summed E-state index contributed by atoms with van der Waals surface area (Å²) in [5.41, 5.74) is 3.80. The molecular formula is C18H23N3O3. The lowest BCUT2D eigenvalue weighted by Crippen LogP contribution is -2.25. The highest BCUT2D eigenvalue weighted by Gasteiger charge is 2.24. The Kier molecular flexibility index (Phi) is 4.06. The highest BCUT2D eigenvalue weighted by molar-refractivity contribution is 5.54. The maximum absolute atomic E-state index is 5.71. The van der Waals surface area contributed by atoms with E-state index in [1.165, 1.54) is 17.7 Å². The Labute approximate surface area is 141 Å². The van der Waals surface area contributed by atoms with E-state index in [4.69, 9.17) is 14.2 Å². The number of aromatic nitrogens is 2. The monoisotopic (exact) mass is 329 g/mol. The van der Waals surface area contributed by atoms with Crippen LogP contribution in [-0.2, 0) is 20.0 Å². The first-order chi connectivity index (χ1) is 11.8. The van der Waals surface area contributed by atoms with Gasteiger partial charge in [-0.3, -0.25) is 4.68 Å². The van der Waals surface area contributed by atoms with Crippen LogP contribution in [0.1, 0.15) is 35.7 Å². The lowest BCUT2D eigenvalue weighted by molar-refractivity contribution is 0.165. The second-order valence-electron chi connectivity index (χ2n) is 6.32. The maximum Gasteiger partial charge on any atom is 0.203 e. The van der Waals surface area contributed by atoms with Crippen molar-refractivity contribution in [2.24, 2.45) is 7.05 Å². The van der Waals surface area contributed by atoms with Crippen molar-refractivity contribution in [1.82, 2.24) is 15.1 Å². The topological polar surface area (TPSA) is 57.5 Å². The minimum Gasteiger partial charge on any atom is -0.493 e. The fraction of sp³-hybridized carbons (Fsp3) is 0.500. The summed E-state index contributed by atoms with van der Waals surface area (Å²) >= 11 is 0. The summed E-state index contributed by atoms with van der Waals surface area (Å²) in [5.74, 6) is 2.21. The van der Waals surface area contributed by atoms with Crippen molar-refractivity contribution in [3.05, 3.63) is 35.2 Å². The van der Waals surface area contributed by atoms with Gasteiger partial charge in [-0.25, -0.2) is 0 Å². The van der Waals surface area contributed by atoms with Gasteiger partial charge in [0.25, 0.3) is 0 Å². The summed E-state index contributed by atoms with van der Waals surface area (Å²) in [6.07, 6.45) is 5.44. The van der Waals surface area contributed by atoms with E-state index in [2.05, 4.69) is 10.4 Å². The van der Waals surface area contributed by atoms with Crippen LogP contribution in [0.2, 0.25) is 0 Å². The van der Waals surface area contributed by atoms with E-state index >= 15 is 0 Å². The Hall–Kier alpha value is -2.21. The zero-order valence-electron chi connectivity index (χ0n) is 14.2. The minimum absolute atomic E-state index is 0.349. The third kappa shape index (κ3) is 2.71. The van der Waals surface area contributed by atoms with Gasteiger partial charge in [0.2, 0.25) is 5.75 Å². The molecule has 1 aromatic heterocycles. The quantitative estimate of drug-likeness (QED) is 0.933. The Morgan fingerprint density at radius 3 is 3.08 bits per heavy atom. The van der Waals surface area contributed by atoms with Crippen LogP contribution in [0.25, 0.3) is 0 Å². The lowest BCUT2D eigenvalue weighted by atomic mass is 9.93. The summed E-state index contributed by atoms with van der Waals surface area (Å²) in [7, 11) is 3.68. The molecule has 2 heterocycles. The van der Waals surface area contributed by atoms with Crippen LogP contribution in [0.5, 0.6) is 17.2 Å². The molecule has 0 saturated heterocycles. The SMILES string of the molecule is COc1cc(CN[C@H]2CCCc3c2cnn3C)cc2c1OCCO2. The molecule has 6 nitrogen and oxygen atoms in total. The first-order valence-corrected chi connectivity index (χ1v) is 8.47. The van der Waals surface area contributed by atoms with Crippen LogP contribution < -0.4 is 19.5 Å². The molecule has 1 aliphatic carbocycles. The number of rotatable bonds is 4. The number of fused-ring (bicyclic) bond motifs is 2. The molecule has 6 heteroatoms. The van der Waals surface area contributed by atoms with Crippen molar-refractivity contribution in [1.29, 1.82) is 0 Å². The van der Waals surface area contributed by atoms with Crippen molar-refractivity contribution in [2.75, 3.05) is 20.3 Å². The molecule has 0 fully saturated rings. The molecule has 0 saturated carbocycles. The van der Waals surface area contributed by atoms with Gasteiger partial charge in [0.05, 0.1) is 13.3 Å². The van der Waals surface area contributed by atoms with Gasteiger partial charge in [-0.2, -0.15) is 5.10 Å². The Balaban J connectivity index is 1.52. The number of aryl methyl sites for hydroxylation is 1. The van der Waals surface area contributed by atoms with Gasteiger partial charge in [0.1, 0.15) is 13.2 Å². The molecule has 24 heavy (non-hydrogen) atoms. The van der Waals surface area contributed by atoms with E-state index in [1.54, 1.807) is 7.11 Å². The molecular weight excluding hydrogens is 306 g/mol. The lowest BCUT2D eigenvalue weighted by Gasteiger charge is -2.25. The minimum atomic E-state index is 0.349. The Morgan fingerprint density at radius 2 is 2.21 bits per heavy atom. The number of hydrogen-bond acceptors (Lipinski definition) is 5. The van der Waals surface area contributed by atoms with Crippen LogP contribution in [0.4, 0.5) is 0 Å². The summed E-state index contributed by atoms with van der Waals surface area (Å²) in [5, 5.41) is 8.07. The first-order valence-electron chi connectivity index (χ1n) is 8.47. The van der Waals surface area contributed by atoms with Crippen molar-refractivity contribution >= 4 is 0 Å². The zero-order valence-corrected chi connectivity index (χ0v) is 14.2. The third-order valence-corrected chi connectivity index (χ3v) is 4.82. The van der Waals surface area contributed by atoms with Crippen LogP contribution >= 0.6 is 0 Å². The molecule has 0 unspecified atom stereocenters. The highest BCUT2D eigenvalue weighted by atomic mass is 16.6. The van der Waals surface area contributed by atoms with E-state index < -0.39 is 0 Å². The molecule has 0 spiro atoms. The van der Waals surface area contributed by atoms with Gasteiger partial charge >= 0.3 is 0 Å². The summed E-state index contributed by atoms with van der Waals surface area (Å²) in [6.45, 7) is 1.90. The molecule has 0 radical (unpaired) electrons. The largest absolute Gasteiger partial charge is 0.493 e. The third-order valence-electron chi connectivity index (χ3n) is 4.82. The number of benzene rings is 1. The summed E-state index contributed by atoms with van der Waals surface area (Å²) < 4.78 is 18.8. The van der Waals surface area contributed by atoms with Crippen molar-refractivity contribution in [3.63, 3.8) is 0 Å². The molecule has 2 aromatic rings. The number of hydrogen-bond donors (Lipinski definition) is 1. The van der Waals surface area contributed by atoms with Gasteiger partial charge < -0.3 is 19.5 Å². The molecule has 1 N–H and O–H groups in total. The number of nitrogens with one attached hydrogen (secondary N) is 1. The van der Waals surface area contributed by atoms with Gasteiger partial charge in [0, 0.05) is 30.9 Å². The molecule has 128 valence electrons. The van der Waals surface area contributed by atoms with E-state index in [0.717, 1.165) is 36.4 Å². The fourth-order valence-corrected chi connectivity index (χ4v) is 3.59. The van der Waals surface area contributed by atoms with Crippen molar-refractivity contribution < 1.29 is 14.2 Å². The zero-order chi connectivity index (χ0) is 16.5. The molecule has 0 bridgehead atoms. The van der Waals surface area contributed by atoms with Crippen LogP contribution in [-0.4, -0.2) is 30.1 Å². The Morgan fingerprint density at radius 1 is 1.33 bits per heavy atom. The second kappa shape index (κ2) is 6.36. The molecule has 0 amide bonds. The smallest absolute Gasteiger partial charge is 0.203 e. The van der Waals surface area contributed by atoms with E-state index in [9.17, 15) is 0 Å². The van der Waals surface area contributed by atoms with Crippen LogP contribution in [0.15, 0.2) is 18.3 Å². The van der Waals surface area contributed by atoms with Gasteiger partial charge in [-0.05, 0) is 37.0 Å². The predicted molar refractivity (Wildman–Crippen MR) is 89.7 cm³/mol. The van der Waals surface area contributed by atoms with Gasteiger partial charge in [0.15, 0.2) is 11.5 Å². The number of methoxy groups -OCH3 is 1. The number of nitrogens with zero attached hydrogens (tertiary/aromatic N) is 2. The van der Waals surface area contributed by atoms with E-state index in [1.807, 2.05) is 30.1 Å². The summed E-state index contributed by atoms with van der Waals surface area (Å²) in [4.78, 5) is 0. The molecule has 2 aliphatic rings. The van der Waals surface area contributed by atoms with Crippen molar-refractivity contribution in [2.45, 2.75) is 31.8 Å². The van der Waals surface area contributed by atoms with Gasteiger partial charge in [-0.1, -0.05) is 0 Å². The molecule has 1 aliphatic heterocycles. The Bertz CT molecular complexity index is 724. The second-order valence-corrected chi connectivity index (χ2v) is 6.32. The standard InChI is InChI=1S/C18H23N3O3/c1-21-15-5-3-4-14(13(15)11-20-21)19-10-12-8-16(22-2)18-17(9-12)23-6-7-24-18/h8-9,11,14,19H,3-7,10H2,1-2H3/t14-/m0/s1. The number of ether oxygens (including phenoxy) is 3. The summed E-state index contributed by atoms with van der Waals surface area (Å²) in [6, 6.07) is 4.41.